The van der Waals surface area contributed by atoms with Gasteiger partial charge in [-0.25, -0.2) is 4.39 Å². The van der Waals surface area contributed by atoms with Gasteiger partial charge in [-0.05, 0) is 5.56 Å². The zero-order valence-corrected chi connectivity index (χ0v) is 7.11. The molecular formula is C7H3B3FNO2. The molecule has 0 unspecified atom stereocenters. The summed E-state index contributed by atoms with van der Waals surface area (Å²) >= 11 is 0. The highest BCUT2D eigenvalue weighted by molar-refractivity contribution is 6.58. The smallest absolute Gasteiger partial charge is 0.258 e. The number of nitrogens with zero attached hydrogens (tertiary/aromatic N) is 1. The molecule has 0 atom stereocenters. The molecule has 0 bridgehead atoms. The fourth-order valence-corrected chi connectivity index (χ4v) is 0.969. The van der Waals surface area contributed by atoms with Gasteiger partial charge in [-0.3, -0.25) is 10.1 Å². The first-order chi connectivity index (χ1) is 6.32. The highest BCUT2D eigenvalue weighted by Gasteiger charge is 2.19. The zero-order chi connectivity index (χ0) is 10.9. The molecule has 0 N–H and O–H groups in total. The third-order valence-electron chi connectivity index (χ3n) is 1.63. The molecule has 0 aliphatic carbocycles. The fourth-order valence-electron chi connectivity index (χ4n) is 0.969. The molecule has 0 spiro atoms. The minimum atomic E-state index is -1.83. The van der Waals surface area contributed by atoms with E-state index in [1.165, 1.54) is 0 Å². The van der Waals surface area contributed by atoms with Gasteiger partial charge in [-0.15, -0.1) is 5.11 Å². The second kappa shape index (κ2) is 3.48. The highest BCUT2D eigenvalue weighted by Crippen LogP contribution is 2.21. The van der Waals surface area contributed by atoms with Gasteiger partial charge in [-0.1, -0.05) is 6.07 Å². The molecule has 0 fully saturated rings. The van der Waals surface area contributed by atoms with E-state index in [2.05, 4.69) is 0 Å². The number of nitro benzene ring substituents is 1. The number of rotatable bonds is 2. The third-order valence-corrected chi connectivity index (χ3v) is 1.63. The van der Waals surface area contributed by atoms with Gasteiger partial charge in [0.05, 0.1) is 34.5 Å². The second-order valence-corrected chi connectivity index (χ2v) is 2.85. The first-order valence-electron chi connectivity index (χ1n) is 3.63. The summed E-state index contributed by atoms with van der Waals surface area (Å²) in [4.78, 5) is 9.54. The van der Waals surface area contributed by atoms with E-state index in [0.29, 0.717) is 0 Å². The average Bonchev–Trinajstić information content (AvgIpc) is 2.01. The van der Waals surface area contributed by atoms with Crippen molar-refractivity contribution in [1.29, 1.82) is 0 Å². The van der Waals surface area contributed by atoms with Crippen LogP contribution in [0.15, 0.2) is 18.2 Å². The molecule has 0 heterocycles. The summed E-state index contributed by atoms with van der Waals surface area (Å²) < 4.78 is 13.2. The van der Waals surface area contributed by atoms with Crippen molar-refractivity contribution >= 4 is 29.2 Å². The SMILES string of the molecule is [B]C([B])([B])c1ccc([N+](=O)[O-])cc1F. The van der Waals surface area contributed by atoms with Gasteiger partial charge in [0.25, 0.3) is 5.69 Å². The van der Waals surface area contributed by atoms with Crippen molar-refractivity contribution in [2.45, 2.75) is 5.11 Å². The van der Waals surface area contributed by atoms with Crippen LogP contribution in [0.1, 0.15) is 5.56 Å². The lowest BCUT2D eigenvalue weighted by molar-refractivity contribution is -0.385. The molecule has 64 valence electrons. The van der Waals surface area contributed by atoms with E-state index < -0.39 is 15.9 Å². The summed E-state index contributed by atoms with van der Waals surface area (Å²) in [6, 6.07) is 2.89. The summed E-state index contributed by atoms with van der Waals surface area (Å²) in [5.41, 5.74) is -0.557. The maximum absolute atomic E-state index is 13.2. The Morgan fingerprint density at radius 2 is 1.93 bits per heavy atom. The predicted molar refractivity (Wildman–Crippen MR) is 52.0 cm³/mol. The monoisotopic (exact) mass is 185 g/mol. The maximum Gasteiger partial charge on any atom is 0.272 e. The Morgan fingerprint density at radius 3 is 2.29 bits per heavy atom. The molecule has 0 saturated carbocycles. The van der Waals surface area contributed by atoms with Crippen molar-refractivity contribution in [2.75, 3.05) is 0 Å². The minimum absolute atomic E-state index is 0.178. The summed E-state index contributed by atoms with van der Waals surface area (Å²) in [6.45, 7) is 0. The zero-order valence-electron chi connectivity index (χ0n) is 7.11. The van der Waals surface area contributed by atoms with Gasteiger partial charge >= 0.3 is 0 Å². The Morgan fingerprint density at radius 1 is 1.36 bits per heavy atom. The first-order valence-corrected chi connectivity index (χ1v) is 3.63. The van der Waals surface area contributed by atoms with Crippen LogP contribution in [-0.2, 0) is 5.11 Å². The summed E-state index contributed by atoms with van der Waals surface area (Å²) in [7, 11) is 15.7. The largest absolute Gasteiger partial charge is 0.272 e. The van der Waals surface area contributed by atoms with Crippen LogP contribution in [-0.4, -0.2) is 28.5 Å². The van der Waals surface area contributed by atoms with Gasteiger partial charge in [0.15, 0.2) is 0 Å². The normalized spacial score (nSPS) is 11.2. The molecule has 7 heteroatoms. The lowest BCUT2D eigenvalue weighted by Crippen LogP contribution is -2.28. The van der Waals surface area contributed by atoms with E-state index in [9.17, 15) is 14.5 Å². The number of nitro groups is 1. The van der Waals surface area contributed by atoms with Crippen LogP contribution >= 0.6 is 0 Å². The van der Waals surface area contributed by atoms with E-state index in [4.69, 9.17) is 23.5 Å². The van der Waals surface area contributed by atoms with Crippen LogP contribution in [0, 0.1) is 15.9 Å². The topological polar surface area (TPSA) is 43.1 Å². The van der Waals surface area contributed by atoms with E-state index in [1.54, 1.807) is 0 Å². The van der Waals surface area contributed by atoms with Gasteiger partial charge < -0.3 is 0 Å². The van der Waals surface area contributed by atoms with Crippen molar-refractivity contribution in [3.63, 3.8) is 0 Å². The molecule has 1 aromatic carbocycles. The van der Waals surface area contributed by atoms with Crippen LogP contribution in [0.2, 0.25) is 0 Å². The molecule has 0 aromatic heterocycles. The van der Waals surface area contributed by atoms with Gasteiger partial charge in [0.2, 0.25) is 0 Å². The number of benzene rings is 1. The van der Waals surface area contributed by atoms with Gasteiger partial charge in [-0.2, -0.15) is 0 Å². The van der Waals surface area contributed by atoms with Crippen molar-refractivity contribution in [1.82, 2.24) is 0 Å². The quantitative estimate of drug-likeness (QED) is 0.378. The molecule has 6 radical (unpaired) electrons. The van der Waals surface area contributed by atoms with E-state index in [0.717, 1.165) is 18.2 Å². The lowest BCUT2D eigenvalue weighted by Gasteiger charge is -2.20. The van der Waals surface area contributed by atoms with Crippen LogP contribution in [0.5, 0.6) is 0 Å². The Labute approximate surface area is 84.1 Å². The Balaban J connectivity index is 3.21. The second-order valence-electron chi connectivity index (χ2n) is 2.85. The molecule has 0 aliphatic rings. The Kier molecular flexibility index (Phi) is 2.69. The van der Waals surface area contributed by atoms with Crippen molar-refractivity contribution in [2.24, 2.45) is 0 Å². The third kappa shape index (κ3) is 2.16. The Hall–Kier alpha value is -1.26. The van der Waals surface area contributed by atoms with Crippen molar-refractivity contribution < 1.29 is 9.31 Å². The van der Waals surface area contributed by atoms with E-state index in [1.807, 2.05) is 0 Å². The number of halogens is 1. The van der Waals surface area contributed by atoms with E-state index >= 15 is 0 Å². The molecule has 0 saturated heterocycles. The van der Waals surface area contributed by atoms with Crippen LogP contribution in [0.3, 0.4) is 0 Å². The summed E-state index contributed by atoms with van der Waals surface area (Å²) in [5.74, 6) is -0.897. The maximum atomic E-state index is 13.2. The molecule has 3 nitrogen and oxygen atoms in total. The van der Waals surface area contributed by atoms with E-state index in [-0.39, 0.29) is 11.3 Å². The standard InChI is InChI=1S/C7H3B3FNO2/c8-7(9,10)5-2-1-4(12(13)14)3-6(5)11/h1-3H. The first kappa shape index (κ1) is 10.8. The summed E-state index contributed by atoms with van der Waals surface area (Å²) in [5, 5.41) is 8.43. The van der Waals surface area contributed by atoms with Crippen LogP contribution in [0.25, 0.3) is 0 Å². The number of hydrogen-bond acceptors (Lipinski definition) is 2. The van der Waals surface area contributed by atoms with Crippen molar-refractivity contribution in [3.8, 4) is 0 Å². The van der Waals surface area contributed by atoms with Gasteiger partial charge in [0, 0.05) is 6.07 Å². The molecular weight excluding hydrogens is 182 g/mol. The fraction of sp³-hybridized carbons (Fsp3) is 0.143. The van der Waals surface area contributed by atoms with Crippen molar-refractivity contribution in [3.05, 3.63) is 39.7 Å². The molecule has 1 aromatic rings. The average molecular weight is 185 g/mol. The predicted octanol–water partition coefficient (Wildman–Crippen LogP) is 0.350. The molecule has 0 amide bonds. The molecule has 1 rings (SSSR count). The van der Waals surface area contributed by atoms with Crippen LogP contribution < -0.4 is 0 Å². The lowest BCUT2D eigenvalue weighted by atomic mass is 9.40. The van der Waals surface area contributed by atoms with Gasteiger partial charge in [0.1, 0.15) is 5.82 Å². The number of hydrogen-bond donors (Lipinski definition) is 0. The Bertz CT molecular complexity index is 378. The van der Waals surface area contributed by atoms with Crippen LogP contribution in [0.4, 0.5) is 10.1 Å². The minimum Gasteiger partial charge on any atom is -0.258 e. The molecule has 14 heavy (non-hydrogen) atoms. The molecule has 0 aliphatic heterocycles. The summed E-state index contributed by atoms with van der Waals surface area (Å²) in [6.07, 6.45) is 0. The number of non-ortho nitro benzene ring substituents is 1. The highest BCUT2D eigenvalue weighted by atomic mass is 19.1.